The van der Waals surface area contributed by atoms with Crippen molar-refractivity contribution in [1.82, 2.24) is 29.3 Å². The van der Waals surface area contributed by atoms with Gasteiger partial charge in [-0.3, -0.25) is 9.48 Å². The molecule has 130 valence electrons. The van der Waals surface area contributed by atoms with Crippen molar-refractivity contribution >= 4 is 11.6 Å². The van der Waals surface area contributed by atoms with Crippen molar-refractivity contribution in [1.29, 1.82) is 0 Å². The normalized spacial score (nSPS) is 15.8. The van der Waals surface area contributed by atoms with Crippen LogP contribution in [0.5, 0.6) is 0 Å². The number of carbonyl (C=O) groups excluding carboxylic acids is 1. The van der Waals surface area contributed by atoms with Crippen LogP contribution in [0.15, 0.2) is 30.7 Å². The standard InChI is InChI=1S/C18H22N6O/c1-3-23-12-15(13(2)21-23)18(25)22-10-6-14(7-11-22)16-4-8-19-17-5-9-20-24(16)17/h4-5,8-9,12,14H,3,6-7,10-11H2,1-2H3. The van der Waals surface area contributed by atoms with Gasteiger partial charge in [0.2, 0.25) is 0 Å². The third-order valence-corrected chi connectivity index (χ3v) is 5.02. The molecule has 0 aliphatic carbocycles. The van der Waals surface area contributed by atoms with Crippen molar-refractivity contribution in [3.63, 3.8) is 0 Å². The van der Waals surface area contributed by atoms with E-state index in [0.29, 0.717) is 5.92 Å². The second-order valence-electron chi connectivity index (χ2n) is 6.52. The van der Waals surface area contributed by atoms with Gasteiger partial charge in [0.1, 0.15) is 0 Å². The van der Waals surface area contributed by atoms with Gasteiger partial charge in [-0.05, 0) is 32.8 Å². The zero-order chi connectivity index (χ0) is 17.4. The van der Waals surface area contributed by atoms with Gasteiger partial charge < -0.3 is 4.90 Å². The quantitative estimate of drug-likeness (QED) is 0.735. The third kappa shape index (κ3) is 2.79. The Bertz CT molecular complexity index is 903. The Morgan fingerprint density at radius 1 is 1.24 bits per heavy atom. The predicted octanol–water partition coefficient (Wildman–Crippen LogP) is 2.27. The third-order valence-electron chi connectivity index (χ3n) is 5.02. The van der Waals surface area contributed by atoms with Gasteiger partial charge in [0.15, 0.2) is 5.65 Å². The van der Waals surface area contributed by atoms with Gasteiger partial charge in [-0.2, -0.15) is 10.2 Å². The first-order valence-electron chi connectivity index (χ1n) is 8.79. The number of likely N-dealkylation sites (tertiary alicyclic amines) is 1. The average molecular weight is 338 g/mol. The lowest BCUT2D eigenvalue weighted by Gasteiger charge is -2.32. The molecule has 0 unspecified atom stereocenters. The monoisotopic (exact) mass is 338 g/mol. The number of aromatic nitrogens is 5. The smallest absolute Gasteiger partial charge is 0.257 e. The van der Waals surface area contributed by atoms with Gasteiger partial charge in [-0.1, -0.05) is 0 Å². The molecule has 0 aromatic carbocycles. The molecule has 25 heavy (non-hydrogen) atoms. The molecular formula is C18H22N6O. The van der Waals surface area contributed by atoms with Crippen molar-refractivity contribution in [3.8, 4) is 0 Å². The summed E-state index contributed by atoms with van der Waals surface area (Å²) in [7, 11) is 0. The topological polar surface area (TPSA) is 68.3 Å². The number of hydrogen-bond donors (Lipinski definition) is 0. The highest BCUT2D eigenvalue weighted by Gasteiger charge is 2.27. The van der Waals surface area contributed by atoms with Gasteiger partial charge in [0.05, 0.1) is 17.5 Å². The van der Waals surface area contributed by atoms with E-state index in [4.69, 9.17) is 0 Å². The molecule has 1 saturated heterocycles. The van der Waals surface area contributed by atoms with E-state index in [-0.39, 0.29) is 5.91 Å². The van der Waals surface area contributed by atoms with E-state index in [2.05, 4.69) is 15.2 Å². The molecule has 7 heteroatoms. The van der Waals surface area contributed by atoms with Crippen LogP contribution in [0, 0.1) is 6.92 Å². The summed E-state index contributed by atoms with van der Waals surface area (Å²) >= 11 is 0. The number of aryl methyl sites for hydroxylation is 2. The van der Waals surface area contributed by atoms with Crippen LogP contribution in [0.4, 0.5) is 0 Å². The van der Waals surface area contributed by atoms with Gasteiger partial charge in [0.25, 0.3) is 5.91 Å². The summed E-state index contributed by atoms with van der Waals surface area (Å²) < 4.78 is 3.73. The summed E-state index contributed by atoms with van der Waals surface area (Å²) in [5.74, 6) is 0.489. The van der Waals surface area contributed by atoms with Crippen molar-refractivity contribution in [3.05, 3.63) is 47.7 Å². The minimum atomic E-state index is 0.0922. The maximum atomic E-state index is 12.8. The van der Waals surface area contributed by atoms with E-state index in [1.165, 1.54) is 5.69 Å². The van der Waals surface area contributed by atoms with Crippen molar-refractivity contribution in [2.75, 3.05) is 13.1 Å². The molecule has 4 rings (SSSR count). The van der Waals surface area contributed by atoms with Crippen LogP contribution >= 0.6 is 0 Å². The fourth-order valence-electron chi connectivity index (χ4n) is 3.60. The van der Waals surface area contributed by atoms with E-state index < -0.39 is 0 Å². The largest absolute Gasteiger partial charge is 0.338 e. The summed E-state index contributed by atoms with van der Waals surface area (Å²) in [5, 5.41) is 8.77. The highest BCUT2D eigenvalue weighted by atomic mass is 16.2. The highest BCUT2D eigenvalue weighted by Crippen LogP contribution is 2.28. The number of piperidine rings is 1. The van der Waals surface area contributed by atoms with Crippen LogP contribution in [-0.2, 0) is 6.54 Å². The lowest BCUT2D eigenvalue weighted by molar-refractivity contribution is 0.0711. The molecule has 0 spiro atoms. The number of fused-ring (bicyclic) bond motifs is 1. The number of nitrogens with zero attached hydrogens (tertiary/aromatic N) is 6. The summed E-state index contributed by atoms with van der Waals surface area (Å²) in [5.41, 5.74) is 3.58. The van der Waals surface area contributed by atoms with E-state index in [0.717, 1.165) is 49.4 Å². The van der Waals surface area contributed by atoms with Crippen LogP contribution in [0.3, 0.4) is 0 Å². The number of amides is 1. The number of carbonyl (C=O) groups is 1. The van der Waals surface area contributed by atoms with Gasteiger partial charge in [0, 0.05) is 49.7 Å². The molecule has 4 heterocycles. The maximum absolute atomic E-state index is 12.8. The lowest BCUT2D eigenvalue weighted by Crippen LogP contribution is -2.38. The first-order valence-corrected chi connectivity index (χ1v) is 8.79. The van der Waals surface area contributed by atoms with Gasteiger partial charge in [-0.15, -0.1) is 0 Å². The molecule has 0 atom stereocenters. The van der Waals surface area contributed by atoms with Gasteiger partial charge >= 0.3 is 0 Å². The number of rotatable bonds is 3. The van der Waals surface area contributed by atoms with Crippen LogP contribution in [0.25, 0.3) is 5.65 Å². The van der Waals surface area contributed by atoms with E-state index in [1.54, 1.807) is 6.20 Å². The van der Waals surface area contributed by atoms with E-state index in [9.17, 15) is 4.79 Å². The fraction of sp³-hybridized carbons (Fsp3) is 0.444. The second kappa shape index (κ2) is 6.31. The molecule has 1 aliphatic heterocycles. The Labute approximate surface area is 146 Å². The minimum Gasteiger partial charge on any atom is -0.338 e. The SMILES string of the molecule is CCn1cc(C(=O)N2CCC(c3ccnc4ccnn34)CC2)c(C)n1. The number of hydrogen-bond acceptors (Lipinski definition) is 4. The molecule has 0 bridgehead atoms. The van der Waals surface area contributed by atoms with Gasteiger partial charge in [-0.25, -0.2) is 9.50 Å². The Morgan fingerprint density at radius 2 is 2.04 bits per heavy atom. The molecule has 3 aromatic rings. The second-order valence-corrected chi connectivity index (χ2v) is 6.52. The van der Waals surface area contributed by atoms with E-state index >= 15 is 0 Å². The molecule has 7 nitrogen and oxygen atoms in total. The summed E-state index contributed by atoms with van der Waals surface area (Å²) in [6.07, 6.45) is 7.35. The molecule has 1 aliphatic rings. The van der Waals surface area contributed by atoms with Crippen molar-refractivity contribution < 1.29 is 4.79 Å². The van der Waals surface area contributed by atoms with E-state index in [1.807, 2.05) is 52.5 Å². The zero-order valence-corrected chi connectivity index (χ0v) is 14.6. The first-order chi connectivity index (χ1) is 12.2. The van der Waals surface area contributed by atoms with Crippen LogP contribution in [0.1, 0.15) is 47.4 Å². The fourth-order valence-corrected chi connectivity index (χ4v) is 3.60. The minimum absolute atomic E-state index is 0.0922. The Morgan fingerprint density at radius 3 is 2.76 bits per heavy atom. The Kier molecular flexibility index (Phi) is 3.99. The molecule has 3 aromatic heterocycles. The highest BCUT2D eigenvalue weighted by molar-refractivity contribution is 5.95. The average Bonchev–Trinajstić information content (AvgIpc) is 3.27. The Hall–Kier alpha value is -2.70. The van der Waals surface area contributed by atoms with Crippen molar-refractivity contribution in [2.24, 2.45) is 0 Å². The molecule has 0 saturated carbocycles. The maximum Gasteiger partial charge on any atom is 0.257 e. The Balaban J connectivity index is 1.48. The summed E-state index contributed by atoms with van der Waals surface area (Å²) in [6, 6.07) is 3.95. The summed E-state index contributed by atoms with van der Waals surface area (Å²) in [4.78, 5) is 19.1. The molecule has 1 fully saturated rings. The van der Waals surface area contributed by atoms with Crippen LogP contribution in [0.2, 0.25) is 0 Å². The zero-order valence-electron chi connectivity index (χ0n) is 14.6. The molecule has 1 amide bonds. The van der Waals surface area contributed by atoms with Crippen molar-refractivity contribution in [2.45, 2.75) is 39.2 Å². The molecule has 0 radical (unpaired) electrons. The lowest BCUT2D eigenvalue weighted by atomic mass is 9.93. The first kappa shape index (κ1) is 15.8. The van der Waals surface area contributed by atoms with Crippen LogP contribution < -0.4 is 0 Å². The molecule has 0 N–H and O–H groups in total. The summed E-state index contributed by atoms with van der Waals surface area (Å²) in [6.45, 7) is 6.21. The molecular weight excluding hydrogens is 316 g/mol. The van der Waals surface area contributed by atoms with Crippen LogP contribution in [-0.4, -0.2) is 48.3 Å². The predicted molar refractivity (Wildman–Crippen MR) is 93.5 cm³/mol.